The van der Waals surface area contributed by atoms with Crippen LogP contribution in [0, 0.1) is 11.8 Å². The molecule has 0 spiro atoms. The summed E-state index contributed by atoms with van der Waals surface area (Å²) in [7, 11) is -2.99. The number of carbonyl (C=O) groups is 2. The molecule has 2 heterocycles. The van der Waals surface area contributed by atoms with Gasteiger partial charge in [0.25, 0.3) is 5.91 Å². The lowest BCUT2D eigenvalue weighted by molar-refractivity contribution is -0.139. The summed E-state index contributed by atoms with van der Waals surface area (Å²) in [5, 5.41) is 3.60. The zero-order valence-corrected chi connectivity index (χ0v) is 13.9. The number of urea groups is 1. The minimum absolute atomic E-state index is 0.0329. The van der Waals surface area contributed by atoms with Gasteiger partial charge in [-0.1, -0.05) is 0 Å². The summed E-state index contributed by atoms with van der Waals surface area (Å²) < 4.78 is 35.0. The third kappa shape index (κ3) is 3.32. The van der Waals surface area contributed by atoms with Crippen molar-refractivity contribution in [2.24, 2.45) is 11.8 Å². The predicted molar refractivity (Wildman–Crippen MR) is 78.4 cm³/mol. The molecule has 1 saturated carbocycles. The molecule has 3 fully saturated rings. The minimum Gasteiger partial charge on any atom is -0.320 e. The van der Waals surface area contributed by atoms with Gasteiger partial charge in [-0.2, -0.15) is 13.5 Å². The molecule has 2 bridgehead atoms. The van der Waals surface area contributed by atoms with Crippen molar-refractivity contribution in [2.75, 3.05) is 26.7 Å². The van der Waals surface area contributed by atoms with E-state index in [1.165, 1.54) is 4.90 Å². The van der Waals surface area contributed by atoms with Gasteiger partial charge in [0.1, 0.15) is 6.04 Å². The largest absolute Gasteiger partial charge is 0.418 e. The highest BCUT2D eigenvalue weighted by molar-refractivity contribution is 7.80. The molecule has 3 amide bonds. The molecule has 1 aliphatic carbocycles. The van der Waals surface area contributed by atoms with Crippen LogP contribution in [-0.2, 0) is 24.3 Å². The molecule has 3 rings (SSSR count). The molecule has 11 nitrogen and oxygen atoms in total. The Balaban J connectivity index is 1.61. The summed E-state index contributed by atoms with van der Waals surface area (Å²) in [6.45, 7) is 1.26. The molecular weight excluding hydrogens is 344 g/mol. The third-order valence-corrected chi connectivity index (χ3v) is 4.88. The van der Waals surface area contributed by atoms with E-state index in [4.69, 9.17) is 9.39 Å². The van der Waals surface area contributed by atoms with Gasteiger partial charge in [0.15, 0.2) is 0 Å². The van der Waals surface area contributed by atoms with Crippen molar-refractivity contribution in [3.05, 3.63) is 0 Å². The molecule has 136 valence electrons. The fourth-order valence-corrected chi connectivity index (χ4v) is 3.84. The molecule has 0 radical (unpaired) electrons. The van der Waals surface area contributed by atoms with Crippen molar-refractivity contribution < 1.29 is 31.7 Å². The van der Waals surface area contributed by atoms with Crippen LogP contribution < -0.4 is 10.8 Å². The molecule has 3 N–H and O–H groups in total. The number of hydrogen-bond donors (Lipinski definition) is 3. The number of nitrogens with one attached hydrogen (secondary N) is 2. The summed E-state index contributed by atoms with van der Waals surface area (Å²) in [5.41, 5.74) is 2.35. The van der Waals surface area contributed by atoms with Gasteiger partial charge in [0.05, 0.1) is 12.6 Å². The maximum atomic E-state index is 12.3. The van der Waals surface area contributed by atoms with E-state index in [0.717, 1.165) is 6.54 Å². The van der Waals surface area contributed by atoms with Crippen LogP contribution in [0.5, 0.6) is 0 Å². The van der Waals surface area contributed by atoms with E-state index in [2.05, 4.69) is 15.1 Å². The summed E-state index contributed by atoms with van der Waals surface area (Å²) in [4.78, 5) is 31.0. The number of fused-ring (bicyclic) bond motifs is 4. The van der Waals surface area contributed by atoms with Crippen LogP contribution in [0.1, 0.15) is 12.8 Å². The van der Waals surface area contributed by atoms with Crippen LogP contribution in [0.3, 0.4) is 0 Å². The maximum absolute atomic E-state index is 12.3. The number of hydroxylamine groups is 3. The Hall–Kier alpha value is -1.47. The average molecular weight is 364 g/mol. The van der Waals surface area contributed by atoms with Gasteiger partial charge < -0.3 is 10.2 Å². The highest BCUT2D eigenvalue weighted by Crippen LogP contribution is 2.53. The Kier molecular flexibility index (Phi) is 4.66. The third-order valence-electron chi connectivity index (χ3n) is 4.53. The van der Waals surface area contributed by atoms with Gasteiger partial charge in [-0.05, 0) is 38.3 Å². The van der Waals surface area contributed by atoms with Crippen LogP contribution in [0.25, 0.3) is 0 Å². The predicted octanol–water partition coefficient (Wildman–Crippen LogP) is -1.50. The van der Waals surface area contributed by atoms with E-state index in [1.807, 2.05) is 7.05 Å². The molecule has 2 saturated heterocycles. The second kappa shape index (κ2) is 6.44. The van der Waals surface area contributed by atoms with Crippen LogP contribution >= 0.6 is 0 Å². The zero-order chi connectivity index (χ0) is 17.5. The normalized spacial score (nSPS) is 31.2. The number of amides is 3. The lowest BCUT2D eigenvalue weighted by Crippen LogP contribution is -2.51. The first kappa shape index (κ1) is 17.4. The first-order chi connectivity index (χ1) is 11.3. The molecule has 4 atom stereocenters. The second-order valence-electron chi connectivity index (χ2n) is 6.11. The Labute approximate surface area is 139 Å². The van der Waals surface area contributed by atoms with Crippen LogP contribution in [0.4, 0.5) is 4.79 Å². The first-order valence-corrected chi connectivity index (χ1v) is 9.03. The molecule has 3 aliphatic rings. The van der Waals surface area contributed by atoms with Gasteiger partial charge in [-0.15, -0.1) is 4.28 Å². The summed E-state index contributed by atoms with van der Waals surface area (Å²) in [6.07, 6.45) is 1.39. The lowest BCUT2D eigenvalue weighted by atomic mass is 10.0. The monoisotopic (exact) mass is 364 g/mol. The highest BCUT2D eigenvalue weighted by Gasteiger charge is 2.65. The van der Waals surface area contributed by atoms with Crippen molar-refractivity contribution in [2.45, 2.75) is 24.9 Å². The van der Waals surface area contributed by atoms with Gasteiger partial charge in [0.2, 0.25) is 0 Å². The quantitative estimate of drug-likeness (QED) is 0.269. The second-order valence-corrected chi connectivity index (χ2v) is 7.12. The number of nitrogens with zero attached hydrogens (tertiary/aromatic N) is 2. The fraction of sp³-hybridized carbons (Fsp3) is 0.833. The molecule has 12 heteroatoms. The first-order valence-electron chi connectivity index (χ1n) is 7.66. The maximum Gasteiger partial charge on any atom is 0.418 e. The van der Waals surface area contributed by atoms with Gasteiger partial charge in [-0.3, -0.25) is 14.2 Å². The molecule has 0 aromatic heterocycles. The number of rotatable bonds is 8. The molecule has 24 heavy (non-hydrogen) atoms. The minimum atomic E-state index is -4.80. The van der Waals surface area contributed by atoms with Crippen LogP contribution in [-0.4, -0.2) is 73.7 Å². The van der Waals surface area contributed by atoms with Gasteiger partial charge in [-0.25, -0.2) is 10.3 Å². The highest BCUT2D eigenvalue weighted by atomic mass is 32.3. The van der Waals surface area contributed by atoms with Crippen molar-refractivity contribution >= 4 is 22.3 Å². The summed E-state index contributed by atoms with van der Waals surface area (Å²) in [6, 6.07) is -1.96. The van der Waals surface area contributed by atoms with Crippen molar-refractivity contribution in [1.82, 2.24) is 20.8 Å². The number of piperidine rings is 1. The fourth-order valence-electron chi connectivity index (χ4n) is 3.46. The number of hydrogen-bond acceptors (Lipinski definition) is 7. The van der Waals surface area contributed by atoms with Crippen LogP contribution in [0.15, 0.2) is 0 Å². The van der Waals surface area contributed by atoms with Gasteiger partial charge in [0, 0.05) is 6.54 Å². The topological polar surface area (TPSA) is 138 Å². The van der Waals surface area contributed by atoms with E-state index in [9.17, 15) is 18.0 Å². The molecule has 4 unspecified atom stereocenters. The lowest BCUT2D eigenvalue weighted by Gasteiger charge is -2.28. The van der Waals surface area contributed by atoms with Crippen molar-refractivity contribution in [3.63, 3.8) is 0 Å². The Morgan fingerprint density at radius 2 is 2.17 bits per heavy atom. The van der Waals surface area contributed by atoms with Crippen molar-refractivity contribution in [1.29, 1.82) is 0 Å². The zero-order valence-electron chi connectivity index (χ0n) is 13.0. The van der Waals surface area contributed by atoms with Crippen molar-refractivity contribution in [3.8, 4) is 0 Å². The van der Waals surface area contributed by atoms with E-state index < -0.39 is 34.4 Å². The van der Waals surface area contributed by atoms with Crippen LogP contribution in [0.2, 0.25) is 0 Å². The molecule has 0 aromatic rings. The van der Waals surface area contributed by atoms with E-state index in [1.54, 1.807) is 0 Å². The average Bonchev–Trinajstić information content (AvgIpc) is 3.24. The number of carbonyl (C=O) groups excluding carboxylic acids is 2. The van der Waals surface area contributed by atoms with E-state index in [0.29, 0.717) is 24.5 Å². The summed E-state index contributed by atoms with van der Waals surface area (Å²) >= 11 is 0. The Morgan fingerprint density at radius 3 is 2.83 bits per heavy atom. The Bertz CT molecular complexity index is 627. The Morgan fingerprint density at radius 1 is 1.42 bits per heavy atom. The smallest absolute Gasteiger partial charge is 0.320 e. The molecule has 0 aromatic carbocycles. The molecular formula is C12H20N4O7S. The molecule has 2 aliphatic heterocycles. The standard InChI is InChI=1S/C12H20N4O7S/c1-13-3-2-4-22-14-11(17)10-8-5-7(8)9-6-15(10)12(18)16(9)23-24(19,20)21/h7-10,13H,2-6H2,1H3,(H,14,17)(H,19,20,21). The van der Waals surface area contributed by atoms with Gasteiger partial charge >= 0.3 is 16.4 Å². The SMILES string of the molecule is CNCCCONC(=O)C1C2CC2C2CN1C(=O)N2OS(=O)(=O)O. The van der Waals surface area contributed by atoms with E-state index in [-0.39, 0.29) is 18.4 Å². The summed E-state index contributed by atoms with van der Waals surface area (Å²) in [5.74, 6) is -0.537. The van der Waals surface area contributed by atoms with E-state index >= 15 is 0 Å².